The molecule has 6 nitrogen and oxygen atoms in total. The number of hydrogen-bond acceptors (Lipinski definition) is 5. The van der Waals surface area contributed by atoms with Crippen molar-refractivity contribution in [1.29, 1.82) is 0 Å². The summed E-state index contributed by atoms with van der Waals surface area (Å²) in [5.74, 6) is 0.615. The van der Waals surface area contributed by atoms with Gasteiger partial charge in [0.25, 0.3) is 5.91 Å². The van der Waals surface area contributed by atoms with E-state index in [1.165, 1.54) is 6.33 Å². The maximum atomic E-state index is 12.0. The Labute approximate surface area is 139 Å². The normalized spacial score (nSPS) is 10.5. The Balaban J connectivity index is 1.73. The van der Waals surface area contributed by atoms with Crippen LogP contribution >= 0.6 is 0 Å². The first-order chi connectivity index (χ1) is 11.8. The van der Waals surface area contributed by atoms with Crippen molar-refractivity contribution in [2.75, 3.05) is 25.6 Å². The molecule has 0 bridgehead atoms. The maximum Gasteiger partial charge on any atom is 0.251 e. The molecule has 6 heteroatoms. The second-order valence-electron chi connectivity index (χ2n) is 5.19. The van der Waals surface area contributed by atoms with Gasteiger partial charge in [-0.2, -0.15) is 0 Å². The van der Waals surface area contributed by atoms with Crippen molar-refractivity contribution in [3.05, 3.63) is 60.4 Å². The predicted octanol–water partition coefficient (Wildman–Crippen LogP) is 2.75. The number of nitrogens with zero attached hydrogens (tertiary/aromatic N) is 2. The lowest BCUT2D eigenvalue weighted by Gasteiger charge is -2.09. The summed E-state index contributed by atoms with van der Waals surface area (Å²) >= 11 is 0. The van der Waals surface area contributed by atoms with E-state index in [1.54, 1.807) is 19.2 Å². The smallest absolute Gasteiger partial charge is 0.251 e. The van der Waals surface area contributed by atoms with E-state index in [1.807, 2.05) is 36.4 Å². The van der Waals surface area contributed by atoms with Gasteiger partial charge in [0.1, 0.15) is 12.1 Å². The zero-order valence-electron chi connectivity index (χ0n) is 13.3. The number of para-hydroxylation sites is 1. The molecule has 2 aromatic carbocycles. The molecule has 0 aliphatic carbocycles. The number of aromatic nitrogens is 2. The average Bonchev–Trinajstić information content (AvgIpc) is 2.63. The zero-order chi connectivity index (χ0) is 16.8. The molecule has 0 aliphatic heterocycles. The van der Waals surface area contributed by atoms with E-state index >= 15 is 0 Å². The number of amides is 1. The first-order valence-corrected chi connectivity index (χ1v) is 7.62. The summed E-state index contributed by atoms with van der Waals surface area (Å²) in [4.78, 5) is 20.5. The van der Waals surface area contributed by atoms with Gasteiger partial charge in [0.15, 0.2) is 0 Å². The fraction of sp³-hybridized carbons (Fsp3) is 0.167. The number of ether oxygens (including phenoxy) is 1. The van der Waals surface area contributed by atoms with Crippen LogP contribution in [0.1, 0.15) is 10.4 Å². The summed E-state index contributed by atoms with van der Waals surface area (Å²) in [7, 11) is 1.60. The number of hydrogen-bond donors (Lipinski definition) is 2. The molecule has 24 heavy (non-hydrogen) atoms. The van der Waals surface area contributed by atoms with E-state index in [0.29, 0.717) is 18.7 Å². The van der Waals surface area contributed by atoms with Gasteiger partial charge < -0.3 is 15.4 Å². The molecule has 0 atom stereocenters. The molecule has 1 amide bonds. The Kier molecular flexibility index (Phi) is 4.98. The molecule has 0 spiro atoms. The fourth-order valence-corrected chi connectivity index (χ4v) is 2.31. The number of anilines is 2. The molecule has 0 aliphatic rings. The Hall–Kier alpha value is -2.99. The highest BCUT2D eigenvalue weighted by molar-refractivity contribution is 5.95. The van der Waals surface area contributed by atoms with Crippen molar-refractivity contribution in [2.45, 2.75) is 0 Å². The predicted molar refractivity (Wildman–Crippen MR) is 93.5 cm³/mol. The molecule has 3 rings (SSSR count). The minimum atomic E-state index is -0.119. The summed E-state index contributed by atoms with van der Waals surface area (Å²) < 4.78 is 4.91. The molecular formula is C18H18N4O2. The van der Waals surface area contributed by atoms with Crippen molar-refractivity contribution >= 4 is 28.3 Å². The number of nitrogens with one attached hydrogen (secondary N) is 2. The second kappa shape index (κ2) is 7.52. The second-order valence-corrected chi connectivity index (χ2v) is 5.19. The molecular weight excluding hydrogens is 304 g/mol. The highest BCUT2D eigenvalue weighted by atomic mass is 16.5. The number of methoxy groups -OCH3 is 1. The van der Waals surface area contributed by atoms with E-state index in [-0.39, 0.29) is 5.91 Å². The van der Waals surface area contributed by atoms with Crippen LogP contribution in [0.5, 0.6) is 0 Å². The highest BCUT2D eigenvalue weighted by Gasteiger charge is 2.06. The Morgan fingerprint density at radius 1 is 1.08 bits per heavy atom. The Morgan fingerprint density at radius 2 is 1.88 bits per heavy atom. The largest absolute Gasteiger partial charge is 0.383 e. The first-order valence-electron chi connectivity index (χ1n) is 7.62. The molecule has 0 saturated heterocycles. The first kappa shape index (κ1) is 15.9. The fourth-order valence-electron chi connectivity index (χ4n) is 2.31. The zero-order valence-corrected chi connectivity index (χ0v) is 13.3. The van der Waals surface area contributed by atoms with Crippen molar-refractivity contribution < 1.29 is 9.53 Å². The van der Waals surface area contributed by atoms with Gasteiger partial charge in [-0.1, -0.05) is 12.1 Å². The van der Waals surface area contributed by atoms with Crippen molar-refractivity contribution in [1.82, 2.24) is 15.3 Å². The van der Waals surface area contributed by atoms with E-state index in [0.717, 1.165) is 22.4 Å². The molecule has 0 radical (unpaired) electrons. The number of benzene rings is 2. The third-order valence-electron chi connectivity index (χ3n) is 3.54. The van der Waals surface area contributed by atoms with E-state index < -0.39 is 0 Å². The minimum absolute atomic E-state index is 0.119. The molecule has 1 aromatic heterocycles. The molecule has 0 fully saturated rings. The van der Waals surface area contributed by atoms with Gasteiger partial charge in [-0.25, -0.2) is 9.97 Å². The van der Waals surface area contributed by atoms with Gasteiger partial charge in [-0.3, -0.25) is 4.79 Å². The lowest BCUT2D eigenvalue weighted by Crippen LogP contribution is -2.26. The third kappa shape index (κ3) is 3.67. The summed E-state index contributed by atoms with van der Waals surface area (Å²) in [6, 6.07) is 15.0. The van der Waals surface area contributed by atoms with Gasteiger partial charge in [0.05, 0.1) is 12.1 Å². The molecule has 122 valence electrons. The average molecular weight is 322 g/mol. The third-order valence-corrected chi connectivity index (χ3v) is 3.54. The summed E-state index contributed by atoms with van der Waals surface area (Å²) in [5, 5.41) is 7.00. The minimum Gasteiger partial charge on any atom is -0.383 e. The van der Waals surface area contributed by atoms with Gasteiger partial charge in [0.2, 0.25) is 0 Å². The number of carbonyl (C=O) groups is 1. The maximum absolute atomic E-state index is 12.0. The van der Waals surface area contributed by atoms with Crippen LogP contribution in [0.3, 0.4) is 0 Å². The Morgan fingerprint density at radius 3 is 2.67 bits per heavy atom. The van der Waals surface area contributed by atoms with Crippen LogP contribution in [-0.2, 0) is 4.74 Å². The lowest BCUT2D eigenvalue weighted by atomic mass is 10.2. The molecule has 0 unspecified atom stereocenters. The van der Waals surface area contributed by atoms with Crippen LogP contribution in [0.15, 0.2) is 54.9 Å². The van der Waals surface area contributed by atoms with E-state index in [9.17, 15) is 4.79 Å². The lowest BCUT2D eigenvalue weighted by molar-refractivity contribution is 0.0937. The van der Waals surface area contributed by atoms with Crippen LogP contribution in [0.4, 0.5) is 11.5 Å². The van der Waals surface area contributed by atoms with Gasteiger partial charge in [0, 0.05) is 30.3 Å². The number of rotatable bonds is 6. The van der Waals surface area contributed by atoms with E-state index in [4.69, 9.17) is 4.74 Å². The summed E-state index contributed by atoms with van der Waals surface area (Å²) in [6.07, 6.45) is 1.53. The SMILES string of the molecule is COCCNC(=O)c1ccc(Nc2ncnc3ccccc23)cc1. The molecule has 1 heterocycles. The van der Waals surface area contributed by atoms with Crippen LogP contribution in [-0.4, -0.2) is 36.1 Å². The van der Waals surface area contributed by atoms with Gasteiger partial charge in [-0.15, -0.1) is 0 Å². The van der Waals surface area contributed by atoms with Crippen LogP contribution in [0, 0.1) is 0 Å². The standard InChI is InChI=1S/C18H18N4O2/c1-24-11-10-19-18(23)13-6-8-14(9-7-13)22-17-15-4-2-3-5-16(15)20-12-21-17/h2-9,12H,10-11H2,1H3,(H,19,23)(H,20,21,22). The van der Waals surface area contributed by atoms with Crippen molar-refractivity contribution in [3.8, 4) is 0 Å². The van der Waals surface area contributed by atoms with Gasteiger partial charge in [-0.05, 0) is 36.4 Å². The number of fused-ring (bicyclic) bond motifs is 1. The Bertz CT molecular complexity index is 829. The van der Waals surface area contributed by atoms with Gasteiger partial charge >= 0.3 is 0 Å². The topological polar surface area (TPSA) is 76.1 Å². The molecule has 0 saturated carbocycles. The summed E-state index contributed by atoms with van der Waals surface area (Å²) in [6.45, 7) is 0.981. The van der Waals surface area contributed by atoms with E-state index in [2.05, 4.69) is 20.6 Å². The summed E-state index contributed by atoms with van der Waals surface area (Å²) in [5.41, 5.74) is 2.33. The number of carbonyl (C=O) groups excluding carboxylic acids is 1. The quantitative estimate of drug-likeness (QED) is 0.683. The van der Waals surface area contributed by atoms with Crippen LogP contribution < -0.4 is 10.6 Å². The monoisotopic (exact) mass is 322 g/mol. The molecule has 3 aromatic rings. The van der Waals surface area contributed by atoms with Crippen LogP contribution in [0.25, 0.3) is 10.9 Å². The van der Waals surface area contributed by atoms with Crippen molar-refractivity contribution in [2.24, 2.45) is 0 Å². The molecule has 2 N–H and O–H groups in total. The van der Waals surface area contributed by atoms with Crippen LogP contribution in [0.2, 0.25) is 0 Å². The van der Waals surface area contributed by atoms with Crippen molar-refractivity contribution in [3.63, 3.8) is 0 Å². The highest BCUT2D eigenvalue weighted by Crippen LogP contribution is 2.22.